The van der Waals surface area contributed by atoms with Crippen molar-refractivity contribution in [2.24, 2.45) is 5.92 Å². The first-order valence-electron chi connectivity index (χ1n) is 7.96. The number of rotatable bonds is 1. The largest absolute Gasteiger partial charge is 0.378 e. The number of aryl methyl sites for hydroxylation is 1. The molecule has 0 aromatic heterocycles. The van der Waals surface area contributed by atoms with Crippen molar-refractivity contribution in [3.63, 3.8) is 0 Å². The molecule has 2 aliphatic heterocycles. The van der Waals surface area contributed by atoms with Crippen molar-refractivity contribution in [2.45, 2.75) is 31.9 Å². The molecule has 0 radical (unpaired) electrons. The van der Waals surface area contributed by atoms with Crippen molar-refractivity contribution in [1.82, 2.24) is 0 Å². The molecule has 1 fully saturated rings. The van der Waals surface area contributed by atoms with Crippen LogP contribution in [0.3, 0.4) is 0 Å². The summed E-state index contributed by atoms with van der Waals surface area (Å²) in [7, 11) is 0. The van der Waals surface area contributed by atoms with Gasteiger partial charge in [0.05, 0.1) is 12.1 Å². The van der Waals surface area contributed by atoms with Crippen LogP contribution in [-0.2, 0) is 4.74 Å². The Morgan fingerprint density at radius 1 is 1.18 bits per heavy atom. The molecule has 4 rings (SSSR count). The van der Waals surface area contributed by atoms with Crippen LogP contribution < -0.4 is 5.32 Å². The minimum Gasteiger partial charge on any atom is -0.378 e. The highest BCUT2D eigenvalue weighted by Crippen LogP contribution is 2.49. The molecule has 3 atom stereocenters. The molecular weight excluding hydrogens is 338 g/mol. The van der Waals surface area contributed by atoms with E-state index in [0.717, 1.165) is 17.5 Å². The third-order valence-corrected chi connectivity index (χ3v) is 5.32. The number of hydrogen-bond donors (Lipinski definition) is 1. The van der Waals surface area contributed by atoms with Crippen molar-refractivity contribution in [3.8, 4) is 0 Å². The van der Waals surface area contributed by atoms with Gasteiger partial charge in [0.15, 0.2) is 0 Å². The summed E-state index contributed by atoms with van der Waals surface area (Å²) in [5.74, 6) is 0.498. The second-order valence-electron chi connectivity index (χ2n) is 6.37. The number of anilines is 1. The summed E-state index contributed by atoms with van der Waals surface area (Å²) in [5, 5.41) is 3.77. The molecule has 0 unspecified atom stereocenters. The zero-order chi connectivity index (χ0) is 15.1. The molecule has 0 saturated carbocycles. The summed E-state index contributed by atoms with van der Waals surface area (Å²) < 4.78 is 7.30. The number of benzene rings is 2. The first-order valence-corrected chi connectivity index (χ1v) is 8.76. The maximum atomic E-state index is 6.18. The second-order valence-corrected chi connectivity index (χ2v) is 7.28. The lowest BCUT2D eigenvalue weighted by atomic mass is 9.77. The third-order valence-electron chi connectivity index (χ3n) is 4.83. The highest BCUT2D eigenvalue weighted by molar-refractivity contribution is 9.10. The molecule has 3 heteroatoms. The fraction of sp³-hybridized carbons (Fsp3) is 0.368. The summed E-state index contributed by atoms with van der Waals surface area (Å²) in [4.78, 5) is 0. The maximum absolute atomic E-state index is 6.18. The Kier molecular flexibility index (Phi) is 3.71. The highest BCUT2D eigenvalue weighted by Gasteiger charge is 2.39. The molecule has 114 valence electrons. The molecule has 0 bridgehead atoms. The average molecular weight is 358 g/mol. The van der Waals surface area contributed by atoms with Crippen molar-refractivity contribution < 1.29 is 4.74 Å². The highest BCUT2D eigenvalue weighted by atomic mass is 79.9. The van der Waals surface area contributed by atoms with E-state index < -0.39 is 0 Å². The molecule has 1 saturated heterocycles. The molecule has 2 nitrogen and oxygen atoms in total. The fourth-order valence-corrected chi connectivity index (χ4v) is 4.21. The smallest absolute Gasteiger partial charge is 0.0896 e. The van der Waals surface area contributed by atoms with Crippen LogP contribution in [0.5, 0.6) is 0 Å². The van der Waals surface area contributed by atoms with Crippen molar-refractivity contribution in [3.05, 3.63) is 63.6 Å². The number of halogens is 1. The van der Waals surface area contributed by atoms with E-state index in [0.29, 0.717) is 12.0 Å². The summed E-state index contributed by atoms with van der Waals surface area (Å²) in [5.41, 5.74) is 5.18. The summed E-state index contributed by atoms with van der Waals surface area (Å²) in [6.45, 7) is 3.03. The van der Waals surface area contributed by atoms with Crippen LogP contribution >= 0.6 is 15.9 Å². The number of fused-ring (bicyclic) bond motifs is 3. The van der Waals surface area contributed by atoms with Gasteiger partial charge in [0.2, 0.25) is 0 Å². The van der Waals surface area contributed by atoms with Gasteiger partial charge in [-0.25, -0.2) is 0 Å². The molecular formula is C19H20BrNO. The predicted molar refractivity (Wildman–Crippen MR) is 93.1 cm³/mol. The molecule has 2 aliphatic rings. The summed E-state index contributed by atoms with van der Waals surface area (Å²) in [6.07, 6.45) is 2.56. The molecule has 2 heterocycles. The Bertz CT molecular complexity index is 700. The molecule has 1 N–H and O–H groups in total. The number of hydrogen-bond acceptors (Lipinski definition) is 2. The minimum atomic E-state index is 0.202. The van der Waals surface area contributed by atoms with Crippen molar-refractivity contribution >= 4 is 21.6 Å². The monoisotopic (exact) mass is 357 g/mol. The van der Waals surface area contributed by atoms with Gasteiger partial charge in [0.25, 0.3) is 0 Å². The van der Waals surface area contributed by atoms with Gasteiger partial charge in [-0.1, -0.05) is 45.8 Å². The van der Waals surface area contributed by atoms with Gasteiger partial charge < -0.3 is 10.1 Å². The van der Waals surface area contributed by atoms with E-state index in [1.165, 1.54) is 28.8 Å². The van der Waals surface area contributed by atoms with E-state index in [1.54, 1.807) is 0 Å². The van der Waals surface area contributed by atoms with Gasteiger partial charge in [0.1, 0.15) is 0 Å². The zero-order valence-electron chi connectivity index (χ0n) is 12.7. The van der Waals surface area contributed by atoms with Crippen molar-refractivity contribution in [2.75, 3.05) is 11.9 Å². The molecule has 22 heavy (non-hydrogen) atoms. The summed E-state index contributed by atoms with van der Waals surface area (Å²) >= 11 is 3.59. The quantitative estimate of drug-likeness (QED) is 0.738. The molecule has 2 aromatic carbocycles. The third kappa shape index (κ3) is 2.46. The Morgan fingerprint density at radius 2 is 2.09 bits per heavy atom. The van der Waals surface area contributed by atoms with Gasteiger partial charge in [-0.05, 0) is 43.5 Å². The lowest BCUT2D eigenvalue weighted by Crippen LogP contribution is -2.36. The number of ether oxygens (including phenoxy) is 1. The normalized spacial score (nSPS) is 26.7. The SMILES string of the molecule is Cc1cccc([C@@H]2Nc3ccc(Br)cc3[C@H]3OCCC[C@@H]32)c1. The number of nitrogens with one attached hydrogen (secondary N) is 1. The lowest BCUT2D eigenvalue weighted by Gasteiger charge is -2.43. The van der Waals surface area contributed by atoms with Gasteiger partial charge in [-0.2, -0.15) is 0 Å². The fourth-order valence-electron chi connectivity index (χ4n) is 3.84. The van der Waals surface area contributed by atoms with E-state index in [9.17, 15) is 0 Å². The van der Waals surface area contributed by atoms with Gasteiger partial charge in [-0.3, -0.25) is 0 Å². The van der Waals surface area contributed by atoms with E-state index in [-0.39, 0.29) is 6.10 Å². The first kappa shape index (κ1) is 14.3. The van der Waals surface area contributed by atoms with Gasteiger partial charge in [-0.15, -0.1) is 0 Å². The van der Waals surface area contributed by atoms with E-state index >= 15 is 0 Å². The van der Waals surface area contributed by atoms with E-state index in [1.807, 2.05) is 0 Å². The molecule has 2 aromatic rings. The van der Waals surface area contributed by atoms with Gasteiger partial charge in [0, 0.05) is 28.2 Å². The van der Waals surface area contributed by atoms with Crippen LogP contribution in [0.4, 0.5) is 5.69 Å². The van der Waals surface area contributed by atoms with E-state index in [4.69, 9.17) is 4.74 Å². The second kappa shape index (κ2) is 5.71. The maximum Gasteiger partial charge on any atom is 0.0896 e. The van der Waals surface area contributed by atoms with Gasteiger partial charge >= 0.3 is 0 Å². The molecule has 0 spiro atoms. The van der Waals surface area contributed by atoms with Crippen LogP contribution in [0.1, 0.15) is 41.7 Å². The van der Waals surface area contributed by atoms with E-state index in [2.05, 4.69) is 70.6 Å². The molecule has 0 aliphatic carbocycles. The van der Waals surface area contributed by atoms with Crippen LogP contribution in [0.15, 0.2) is 46.9 Å². The first-order chi connectivity index (χ1) is 10.7. The summed E-state index contributed by atoms with van der Waals surface area (Å²) in [6, 6.07) is 15.6. The Hall–Kier alpha value is -1.32. The van der Waals surface area contributed by atoms with Crippen LogP contribution in [0.2, 0.25) is 0 Å². The standard InChI is InChI=1S/C19H20BrNO/c1-12-4-2-5-13(10-12)18-15-6-3-9-22-19(15)16-11-14(20)7-8-17(16)21-18/h2,4-5,7-8,10-11,15,18-19,21H,3,6,9H2,1H3/t15-,18+,19+/m1/s1. The zero-order valence-corrected chi connectivity index (χ0v) is 14.3. The Morgan fingerprint density at radius 3 is 2.95 bits per heavy atom. The Balaban J connectivity index is 1.79. The van der Waals surface area contributed by atoms with Crippen LogP contribution in [0.25, 0.3) is 0 Å². The van der Waals surface area contributed by atoms with Crippen molar-refractivity contribution in [1.29, 1.82) is 0 Å². The Labute approximate surface area is 140 Å². The average Bonchev–Trinajstić information content (AvgIpc) is 2.54. The molecule has 0 amide bonds. The topological polar surface area (TPSA) is 21.3 Å². The predicted octanol–water partition coefficient (Wildman–Crippen LogP) is 5.39. The van der Waals surface area contributed by atoms with Crippen LogP contribution in [-0.4, -0.2) is 6.61 Å². The van der Waals surface area contributed by atoms with Crippen LogP contribution in [0, 0.1) is 12.8 Å². The minimum absolute atomic E-state index is 0.202. The lowest BCUT2D eigenvalue weighted by molar-refractivity contribution is -0.0381.